The molecular weight excluding hydrogens is 540 g/mol. The molecule has 37 heavy (non-hydrogen) atoms. The number of hydrogen-bond donors (Lipinski definition) is 0. The lowest BCUT2D eigenvalue weighted by molar-refractivity contribution is -0.137. The Bertz CT molecular complexity index is 1350. The molecule has 4 rings (SSSR count). The molecule has 1 aromatic heterocycles. The summed E-state index contributed by atoms with van der Waals surface area (Å²) in [6, 6.07) is 10.8. The normalized spacial score (nSPS) is 14.8. The molecule has 3 aromatic rings. The molecule has 9 nitrogen and oxygen atoms in total. The zero-order chi connectivity index (χ0) is 26.4. The lowest BCUT2D eigenvalue weighted by atomic mass is 10.1. The number of rotatable bonds is 9. The van der Waals surface area contributed by atoms with Crippen LogP contribution in [0.3, 0.4) is 0 Å². The van der Waals surface area contributed by atoms with Crippen molar-refractivity contribution in [1.29, 1.82) is 0 Å². The Kier molecular flexibility index (Phi) is 8.94. The molecule has 0 spiro atoms. The quantitative estimate of drug-likeness (QED) is 0.358. The molecule has 0 radical (unpaired) electrons. The van der Waals surface area contributed by atoms with Gasteiger partial charge >= 0.3 is 0 Å². The molecule has 1 saturated heterocycles. The van der Waals surface area contributed by atoms with Crippen LogP contribution in [0.15, 0.2) is 50.8 Å². The van der Waals surface area contributed by atoms with Crippen LogP contribution in [0.2, 0.25) is 0 Å². The van der Waals surface area contributed by atoms with Crippen molar-refractivity contribution in [2.45, 2.75) is 33.1 Å². The molecule has 1 amide bonds. The van der Waals surface area contributed by atoms with Gasteiger partial charge < -0.3 is 19.1 Å². The maximum atomic E-state index is 13.3. The molecule has 10 heteroatoms. The number of carbonyl (C=O) groups is 1. The second-order valence-electron chi connectivity index (χ2n) is 8.72. The molecule has 1 aliphatic heterocycles. The monoisotopic (exact) mass is 570 g/mol. The third-order valence-electron chi connectivity index (χ3n) is 6.19. The topological polar surface area (TPSA) is 95.2 Å². The molecular formula is C27H31BrN4O5. The maximum Gasteiger partial charge on any atom is 0.282 e. The number of morpholine rings is 1. The third kappa shape index (κ3) is 6.37. The Morgan fingerprint density at radius 2 is 1.95 bits per heavy atom. The zero-order valence-electron chi connectivity index (χ0n) is 21.3. The van der Waals surface area contributed by atoms with E-state index >= 15 is 0 Å². The first-order valence-electron chi connectivity index (χ1n) is 12.4. The zero-order valence-corrected chi connectivity index (χ0v) is 22.9. The number of carbonyl (C=O) groups excluding carboxylic acids is 1. The summed E-state index contributed by atoms with van der Waals surface area (Å²) in [7, 11) is 0. The SMILES string of the molecule is CCOc1cc(C=Nn2c([C@@H](C)CC)nc3ccc(Br)cc3c2=O)ccc1OCC(=O)N1CCOCC1. The standard InChI is InChI=1S/C27H31BrN4O5/c1-4-18(3)26-30-22-8-7-20(28)15-21(22)27(34)32(26)29-16-19-6-9-23(24(14-19)36-5-2)37-17-25(33)31-10-12-35-13-11-31/h6-9,14-16,18H,4-5,10-13,17H2,1-3H3/t18-/m0/s1. The minimum absolute atomic E-state index is 0.0386. The van der Waals surface area contributed by atoms with Gasteiger partial charge in [0.05, 0.1) is 36.9 Å². The van der Waals surface area contributed by atoms with Gasteiger partial charge in [0.2, 0.25) is 0 Å². The average molecular weight is 571 g/mol. The molecule has 0 N–H and O–H groups in total. The molecule has 2 heterocycles. The summed E-state index contributed by atoms with van der Waals surface area (Å²) in [6.07, 6.45) is 2.41. The Morgan fingerprint density at radius 1 is 1.16 bits per heavy atom. The van der Waals surface area contributed by atoms with Crippen LogP contribution in [-0.2, 0) is 9.53 Å². The van der Waals surface area contributed by atoms with Crippen molar-refractivity contribution in [3.8, 4) is 11.5 Å². The lowest BCUT2D eigenvalue weighted by Crippen LogP contribution is -2.43. The van der Waals surface area contributed by atoms with E-state index in [0.29, 0.717) is 66.7 Å². The highest BCUT2D eigenvalue weighted by Crippen LogP contribution is 2.28. The van der Waals surface area contributed by atoms with Crippen molar-refractivity contribution >= 4 is 39.0 Å². The number of nitrogens with zero attached hydrogens (tertiary/aromatic N) is 4. The van der Waals surface area contributed by atoms with Crippen LogP contribution in [0.5, 0.6) is 11.5 Å². The van der Waals surface area contributed by atoms with Gasteiger partial charge in [0.15, 0.2) is 18.1 Å². The fraction of sp³-hybridized carbons (Fsp3) is 0.407. The van der Waals surface area contributed by atoms with E-state index in [1.165, 1.54) is 4.68 Å². The third-order valence-corrected chi connectivity index (χ3v) is 6.68. The van der Waals surface area contributed by atoms with Crippen molar-refractivity contribution in [1.82, 2.24) is 14.6 Å². The Labute approximate surface area is 224 Å². The molecule has 0 aliphatic carbocycles. The molecule has 1 aliphatic rings. The van der Waals surface area contributed by atoms with E-state index in [1.54, 1.807) is 35.4 Å². The highest BCUT2D eigenvalue weighted by molar-refractivity contribution is 9.10. The molecule has 0 bridgehead atoms. The summed E-state index contributed by atoms with van der Waals surface area (Å²) in [5.74, 6) is 1.51. The smallest absolute Gasteiger partial charge is 0.282 e. The molecule has 1 fully saturated rings. The molecule has 1 atom stereocenters. The van der Waals surface area contributed by atoms with Gasteiger partial charge in [-0.3, -0.25) is 9.59 Å². The van der Waals surface area contributed by atoms with Crippen LogP contribution < -0.4 is 15.0 Å². The first-order valence-corrected chi connectivity index (χ1v) is 13.2. The Morgan fingerprint density at radius 3 is 2.68 bits per heavy atom. The fourth-order valence-corrected chi connectivity index (χ4v) is 4.30. The van der Waals surface area contributed by atoms with Crippen LogP contribution in [0.4, 0.5) is 0 Å². The van der Waals surface area contributed by atoms with Crippen LogP contribution >= 0.6 is 15.9 Å². The first kappa shape index (κ1) is 26.8. The number of ether oxygens (including phenoxy) is 3. The van der Waals surface area contributed by atoms with Crippen molar-refractivity contribution in [2.75, 3.05) is 39.5 Å². The average Bonchev–Trinajstić information content (AvgIpc) is 2.92. The number of benzene rings is 2. The minimum Gasteiger partial charge on any atom is -0.490 e. The summed E-state index contributed by atoms with van der Waals surface area (Å²) in [5, 5.41) is 5.01. The number of hydrogen-bond acceptors (Lipinski definition) is 7. The van der Waals surface area contributed by atoms with E-state index in [2.05, 4.69) is 21.0 Å². The van der Waals surface area contributed by atoms with E-state index in [0.717, 1.165) is 10.9 Å². The summed E-state index contributed by atoms with van der Waals surface area (Å²) in [6.45, 7) is 8.49. The van der Waals surface area contributed by atoms with Crippen LogP contribution in [0.1, 0.15) is 44.5 Å². The maximum absolute atomic E-state index is 13.3. The van der Waals surface area contributed by atoms with Gasteiger partial charge in [-0.15, -0.1) is 0 Å². The highest BCUT2D eigenvalue weighted by Gasteiger charge is 2.19. The van der Waals surface area contributed by atoms with Gasteiger partial charge in [-0.25, -0.2) is 4.98 Å². The second-order valence-corrected chi connectivity index (χ2v) is 9.64. The van der Waals surface area contributed by atoms with Crippen molar-refractivity contribution in [2.24, 2.45) is 5.10 Å². The van der Waals surface area contributed by atoms with E-state index in [4.69, 9.17) is 19.2 Å². The van der Waals surface area contributed by atoms with Crippen LogP contribution in [-0.4, -0.2) is 66.2 Å². The van der Waals surface area contributed by atoms with Gasteiger partial charge in [-0.05, 0) is 55.3 Å². The van der Waals surface area contributed by atoms with E-state index in [9.17, 15) is 9.59 Å². The summed E-state index contributed by atoms with van der Waals surface area (Å²) in [5.41, 5.74) is 1.12. The number of halogens is 1. The second kappa shape index (κ2) is 12.3. The first-order chi connectivity index (χ1) is 17.9. The number of aromatic nitrogens is 2. The summed E-state index contributed by atoms with van der Waals surface area (Å²) < 4.78 is 19.0. The van der Waals surface area contributed by atoms with E-state index < -0.39 is 0 Å². The fourth-order valence-electron chi connectivity index (χ4n) is 3.94. The van der Waals surface area contributed by atoms with Gasteiger partial charge in [0.25, 0.3) is 11.5 Å². The van der Waals surface area contributed by atoms with Gasteiger partial charge in [-0.1, -0.05) is 29.8 Å². The Balaban J connectivity index is 1.61. The highest BCUT2D eigenvalue weighted by atomic mass is 79.9. The molecule has 2 aromatic carbocycles. The van der Waals surface area contributed by atoms with Crippen molar-refractivity contribution < 1.29 is 19.0 Å². The predicted molar refractivity (Wildman–Crippen MR) is 146 cm³/mol. The van der Waals surface area contributed by atoms with Crippen molar-refractivity contribution in [3.63, 3.8) is 0 Å². The predicted octanol–water partition coefficient (Wildman–Crippen LogP) is 4.19. The van der Waals surface area contributed by atoms with E-state index in [1.807, 2.05) is 32.9 Å². The minimum atomic E-state index is -0.232. The van der Waals surface area contributed by atoms with Gasteiger partial charge in [-0.2, -0.15) is 9.78 Å². The number of fused-ring (bicyclic) bond motifs is 1. The van der Waals surface area contributed by atoms with Crippen molar-refractivity contribution in [3.05, 3.63) is 62.6 Å². The molecule has 196 valence electrons. The van der Waals surface area contributed by atoms with Gasteiger partial charge in [0.1, 0.15) is 5.82 Å². The van der Waals surface area contributed by atoms with Crippen LogP contribution in [0.25, 0.3) is 10.9 Å². The molecule has 0 saturated carbocycles. The van der Waals surface area contributed by atoms with Crippen LogP contribution in [0, 0.1) is 0 Å². The van der Waals surface area contributed by atoms with E-state index in [-0.39, 0.29) is 24.0 Å². The lowest BCUT2D eigenvalue weighted by Gasteiger charge is -2.26. The molecule has 0 unspecified atom stereocenters. The largest absolute Gasteiger partial charge is 0.490 e. The van der Waals surface area contributed by atoms with Gasteiger partial charge in [0, 0.05) is 23.5 Å². The Hall–Kier alpha value is -3.24. The number of amides is 1. The summed E-state index contributed by atoms with van der Waals surface area (Å²) in [4.78, 5) is 32.3. The summed E-state index contributed by atoms with van der Waals surface area (Å²) >= 11 is 3.43.